The summed E-state index contributed by atoms with van der Waals surface area (Å²) in [4.78, 5) is 0. The molecule has 0 amide bonds. The first-order chi connectivity index (χ1) is 19.7. The molecule has 2 atom stereocenters. The van der Waals surface area contributed by atoms with Crippen molar-refractivity contribution in [3.8, 4) is 0 Å². The van der Waals surface area contributed by atoms with Gasteiger partial charge in [0, 0.05) is 43.8 Å². The molecule has 0 aromatic heterocycles. The average molecular weight is 622 g/mol. The number of ether oxygens (including phenoxy) is 3. The largest absolute Gasteiger partial charge is 0.505 e. The predicted octanol–water partition coefficient (Wildman–Crippen LogP) is 7.30. The Labute approximate surface area is 251 Å². The van der Waals surface area contributed by atoms with Crippen molar-refractivity contribution in [3.05, 3.63) is 83.1 Å². The highest BCUT2D eigenvalue weighted by Crippen LogP contribution is 2.54. The molecule has 1 saturated carbocycles. The molecule has 2 aromatic rings. The molecule has 0 spiro atoms. The second-order valence-corrected chi connectivity index (χ2v) is 21.0. The summed E-state index contributed by atoms with van der Waals surface area (Å²) in [6.07, 6.45) is 5.20. The van der Waals surface area contributed by atoms with Crippen LogP contribution in [0.4, 0.5) is 8.78 Å². The van der Waals surface area contributed by atoms with Gasteiger partial charge in [-0.05, 0) is 69.3 Å². The maximum atomic E-state index is 15.8. The Hall–Kier alpha value is -2.11. The van der Waals surface area contributed by atoms with Crippen LogP contribution in [-0.2, 0) is 36.2 Å². The van der Waals surface area contributed by atoms with Crippen LogP contribution < -0.4 is 0 Å². The topological polar surface area (TPSA) is 65.1 Å². The molecule has 2 fully saturated rings. The minimum absolute atomic E-state index is 0.0143. The van der Waals surface area contributed by atoms with Crippen molar-refractivity contribution >= 4 is 18.1 Å². The van der Waals surface area contributed by atoms with E-state index in [0.29, 0.717) is 37.9 Å². The quantitative estimate of drug-likeness (QED) is 0.108. The van der Waals surface area contributed by atoms with Gasteiger partial charge in [-0.3, -0.25) is 0 Å². The molecule has 0 N–H and O–H groups in total. The van der Waals surface area contributed by atoms with E-state index in [0.717, 1.165) is 12.1 Å². The van der Waals surface area contributed by atoms with Gasteiger partial charge in [0.25, 0.3) is 0 Å². The number of benzene rings is 2. The molecular weight excluding hydrogens is 577 g/mol. The highest BCUT2D eigenvalue weighted by molar-refractivity contribution is 7.89. The Morgan fingerprint density at radius 3 is 2.40 bits per heavy atom. The molecule has 0 unspecified atom stereocenters. The fraction of sp³-hybridized carbons (Fsp3) is 0.562. The van der Waals surface area contributed by atoms with E-state index in [1.54, 1.807) is 18.2 Å². The maximum absolute atomic E-state index is 15.8. The lowest BCUT2D eigenvalue weighted by molar-refractivity contribution is -0.181. The number of hydrogen-bond acceptors (Lipinski definition) is 5. The number of halogens is 2. The zero-order valence-electron chi connectivity index (χ0n) is 25.7. The number of rotatable bonds is 12. The summed E-state index contributed by atoms with van der Waals surface area (Å²) in [5, 5.41) is -0.711. The van der Waals surface area contributed by atoms with Gasteiger partial charge in [0.05, 0.1) is 19.0 Å². The summed E-state index contributed by atoms with van der Waals surface area (Å²) in [6.45, 7) is 11.2. The third kappa shape index (κ3) is 7.33. The lowest BCUT2D eigenvalue weighted by atomic mass is 9.56. The molecule has 1 heterocycles. The van der Waals surface area contributed by atoms with Crippen molar-refractivity contribution in [2.75, 3.05) is 20.5 Å². The lowest BCUT2D eigenvalue weighted by Gasteiger charge is -2.53. The third-order valence-electron chi connectivity index (χ3n) is 8.58. The Morgan fingerprint density at radius 1 is 1.07 bits per heavy atom. The normalized spacial score (nSPS) is 28.1. The number of sulfonamides is 1. The van der Waals surface area contributed by atoms with E-state index in [1.165, 1.54) is 23.7 Å². The molecule has 4 rings (SSSR count). The Balaban J connectivity index is 1.52. The van der Waals surface area contributed by atoms with Crippen molar-refractivity contribution in [3.63, 3.8) is 0 Å². The molecule has 0 radical (unpaired) electrons. The average Bonchev–Trinajstić information content (AvgIpc) is 2.89. The molecule has 1 aliphatic heterocycles. The van der Waals surface area contributed by atoms with E-state index in [2.05, 4.69) is 19.6 Å². The van der Waals surface area contributed by atoms with Gasteiger partial charge in [-0.15, -0.1) is 0 Å². The van der Waals surface area contributed by atoms with Gasteiger partial charge in [0.2, 0.25) is 10.0 Å². The van der Waals surface area contributed by atoms with E-state index in [9.17, 15) is 8.42 Å². The van der Waals surface area contributed by atoms with E-state index in [4.69, 9.17) is 14.2 Å². The van der Waals surface area contributed by atoms with Crippen LogP contribution in [0.2, 0.25) is 25.7 Å². The van der Waals surface area contributed by atoms with Gasteiger partial charge in [-0.2, -0.15) is 4.31 Å². The fourth-order valence-corrected chi connectivity index (χ4v) is 9.16. The third-order valence-corrected chi connectivity index (χ3v) is 12.7. The van der Waals surface area contributed by atoms with Gasteiger partial charge in [-0.1, -0.05) is 50.0 Å². The first-order valence-electron chi connectivity index (χ1n) is 14.7. The van der Waals surface area contributed by atoms with E-state index in [1.807, 2.05) is 32.0 Å². The zero-order valence-corrected chi connectivity index (χ0v) is 27.5. The molecule has 6 nitrogen and oxygen atoms in total. The lowest BCUT2D eigenvalue weighted by Crippen LogP contribution is -2.54. The van der Waals surface area contributed by atoms with E-state index >= 15 is 8.78 Å². The SMILES string of the molecule is COC=CC1(c2cc(F)c(CN3[C@@H](C)CC[C@H](c4ccccc4)S3(=O)=O)cc2F)CC(C)(OCOCC[Si](C)(C)C)C1. The molecule has 0 bridgehead atoms. The van der Waals surface area contributed by atoms with Gasteiger partial charge < -0.3 is 14.2 Å². The summed E-state index contributed by atoms with van der Waals surface area (Å²) < 4.78 is 77.0. The summed E-state index contributed by atoms with van der Waals surface area (Å²) in [6, 6.07) is 12.1. The second kappa shape index (κ2) is 12.9. The van der Waals surface area contributed by atoms with Crippen LogP contribution in [0.15, 0.2) is 54.8 Å². The second-order valence-electron chi connectivity index (χ2n) is 13.3. The zero-order chi connectivity index (χ0) is 30.8. The Morgan fingerprint density at radius 2 is 1.76 bits per heavy atom. The van der Waals surface area contributed by atoms with Crippen LogP contribution in [0.5, 0.6) is 0 Å². The minimum Gasteiger partial charge on any atom is -0.505 e. The number of methoxy groups -OCH3 is 1. The molecule has 232 valence electrons. The smallest absolute Gasteiger partial charge is 0.221 e. The summed E-state index contributed by atoms with van der Waals surface area (Å²) >= 11 is 0. The fourth-order valence-electron chi connectivity index (χ4n) is 6.21. The van der Waals surface area contributed by atoms with Crippen LogP contribution in [0.1, 0.15) is 61.5 Å². The highest BCUT2D eigenvalue weighted by atomic mass is 32.2. The Kier molecular flexibility index (Phi) is 10.0. The molecule has 2 aliphatic rings. The summed E-state index contributed by atoms with van der Waals surface area (Å²) in [5.74, 6) is -1.22. The molecule has 10 heteroatoms. The van der Waals surface area contributed by atoms with Crippen molar-refractivity contribution in [2.24, 2.45) is 0 Å². The van der Waals surface area contributed by atoms with Crippen molar-refractivity contribution in [1.82, 2.24) is 4.31 Å². The monoisotopic (exact) mass is 621 g/mol. The van der Waals surface area contributed by atoms with Gasteiger partial charge in [0.15, 0.2) is 0 Å². The van der Waals surface area contributed by atoms with Gasteiger partial charge >= 0.3 is 0 Å². The number of allylic oxidation sites excluding steroid dienone is 1. The predicted molar refractivity (Wildman–Crippen MR) is 164 cm³/mol. The standard InChI is InChI=1S/C32H45F2NO5SSi/c1-24-12-13-30(25-10-8-7-9-11-25)41(36,37)35(24)20-26-18-29(34)27(19-28(26)33)32(14-15-38-3)21-31(2,22-32)40-23-39-16-17-42(4,5)6/h7-11,14-15,18-19,24,30H,12-13,16-17,20-23H2,1-6H3/t24-,30+,31?,32?/m0/s1. The number of nitrogens with zero attached hydrogens (tertiary/aromatic N) is 1. The van der Waals surface area contributed by atoms with Crippen molar-refractivity contribution < 1.29 is 31.4 Å². The Bertz CT molecular complexity index is 1360. The molecular formula is C32H45F2NO5SSi. The highest BCUT2D eigenvalue weighted by Gasteiger charge is 2.54. The summed E-state index contributed by atoms with van der Waals surface area (Å²) in [5.41, 5.74) is -0.465. The first kappa shape index (κ1) is 32.8. The molecule has 42 heavy (non-hydrogen) atoms. The maximum Gasteiger partial charge on any atom is 0.221 e. The molecule has 1 aliphatic carbocycles. The molecule has 2 aromatic carbocycles. The van der Waals surface area contributed by atoms with Crippen LogP contribution in [0.3, 0.4) is 0 Å². The summed E-state index contributed by atoms with van der Waals surface area (Å²) in [7, 11) is -3.49. The van der Waals surface area contributed by atoms with E-state index < -0.39 is 46.0 Å². The van der Waals surface area contributed by atoms with Crippen LogP contribution >= 0.6 is 0 Å². The van der Waals surface area contributed by atoms with Gasteiger partial charge in [-0.25, -0.2) is 17.2 Å². The first-order valence-corrected chi connectivity index (χ1v) is 19.9. The van der Waals surface area contributed by atoms with Crippen molar-refractivity contribution in [1.29, 1.82) is 0 Å². The van der Waals surface area contributed by atoms with E-state index in [-0.39, 0.29) is 30.5 Å². The minimum atomic E-state index is -3.78. The van der Waals surface area contributed by atoms with Crippen LogP contribution in [0.25, 0.3) is 0 Å². The van der Waals surface area contributed by atoms with Crippen LogP contribution in [-0.4, -0.2) is 52.9 Å². The number of hydrogen-bond donors (Lipinski definition) is 0. The van der Waals surface area contributed by atoms with Gasteiger partial charge in [0.1, 0.15) is 23.7 Å². The van der Waals surface area contributed by atoms with Crippen molar-refractivity contribution in [2.45, 2.75) is 94.1 Å². The van der Waals surface area contributed by atoms with Crippen LogP contribution in [0, 0.1) is 11.6 Å². The molecule has 1 saturated heterocycles.